The second-order valence-corrected chi connectivity index (χ2v) is 5.43. The Morgan fingerprint density at radius 1 is 1.12 bits per heavy atom. The fourth-order valence-corrected chi connectivity index (χ4v) is 2.27. The molecule has 0 aliphatic carbocycles. The lowest BCUT2D eigenvalue weighted by atomic mass is 10.1. The number of aliphatic hydroxyl groups excluding tert-OH is 1. The van der Waals surface area contributed by atoms with Gasteiger partial charge in [0.25, 0.3) is 0 Å². The molecule has 0 bridgehead atoms. The van der Waals surface area contributed by atoms with E-state index in [4.69, 9.17) is 20.3 Å². The van der Waals surface area contributed by atoms with Crippen molar-refractivity contribution < 1.29 is 14.6 Å². The number of nitrogens with one attached hydrogen (secondary N) is 1. The maximum absolute atomic E-state index is 8.84. The molecule has 0 saturated carbocycles. The standard InChI is InChI=1S/C19H25N3O3.HI/c1-3-14-4-7-16(8-5-14)22-19(20)21-13-15-6-9-17(25-11-10-23)18(12-15)24-2;/h4-9,12,23H,3,10-11,13H2,1-2H3,(H3,20,21,22);1H. The van der Waals surface area contributed by atoms with Gasteiger partial charge < -0.3 is 25.6 Å². The highest BCUT2D eigenvalue weighted by Gasteiger charge is 2.05. The first-order chi connectivity index (χ1) is 12.2. The molecule has 0 heterocycles. The van der Waals surface area contributed by atoms with Gasteiger partial charge in [-0.15, -0.1) is 24.0 Å². The highest BCUT2D eigenvalue weighted by Crippen LogP contribution is 2.28. The summed E-state index contributed by atoms with van der Waals surface area (Å²) in [4.78, 5) is 4.35. The van der Waals surface area contributed by atoms with E-state index in [1.54, 1.807) is 13.2 Å². The first kappa shape index (κ1) is 22.0. The summed E-state index contributed by atoms with van der Waals surface area (Å²) in [5.41, 5.74) is 9.07. The van der Waals surface area contributed by atoms with E-state index in [9.17, 15) is 0 Å². The SMILES string of the molecule is CCc1ccc(NC(N)=NCc2ccc(OCCO)c(OC)c2)cc1.I. The van der Waals surface area contributed by atoms with Crippen LogP contribution in [0.25, 0.3) is 0 Å². The van der Waals surface area contributed by atoms with E-state index >= 15 is 0 Å². The first-order valence-electron chi connectivity index (χ1n) is 8.22. The second kappa shape index (κ2) is 11.6. The van der Waals surface area contributed by atoms with Gasteiger partial charge in [-0.2, -0.15) is 0 Å². The van der Waals surface area contributed by atoms with Crippen LogP contribution in [-0.2, 0) is 13.0 Å². The molecule has 2 rings (SSSR count). The van der Waals surface area contributed by atoms with Crippen LogP contribution in [0, 0.1) is 0 Å². The number of aryl methyl sites for hydroxylation is 1. The molecule has 6 nitrogen and oxygen atoms in total. The second-order valence-electron chi connectivity index (χ2n) is 5.43. The predicted octanol–water partition coefficient (Wildman–Crippen LogP) is 3.17. The van der Waals surface area contributed by atoms with Crippen LogP contribution in [0.4, 0.5) is 5.69 Å². The number of hydrogen-bond donors (Lipinski definition) is 3. The lowest BCUT2D eigenvalue weighted by Crippen LogP contribution is -2.22. The van der Waals surface area contributed by atoms with Gasteiger partial charge in [0.15, 0.2) is 17.5 Å². The highest BCUT2D eigenvalue weighted by atomic mass is 127. The van der Waals surface area contributed by atoms with E-state index in [0.717, 1.165) is 17.7 Å². The molecule has 26 heavy (non-hydrogen) atoms. The number of hydrogen-bond acceptors (Lipinski definition) is 4. The lowest BCUT2D eigenvalue weighted by molar-refractivity contribution is 0.196. The summed E-state index contributed by atoms with van der Waals surface area (Å²) in [5, 5.41) is 11.9. The van der Waals surface area contributed by atoms with Gasteiger partial charge in [0.1, 0.15) is 6.61 Å². The molecule has 7 heteroatoms. The summed E-state index contributed by atoms with van der Waals surface area (Å²) in [6, 6.07) is 13.6. The van der Waals surface area contributed by atoms with Gasteiger partial charge in [0.2, 0.25) is 0 Å². The average molecular weight is 471 g/mol. The number of halogens is 1. The third-order valence-electron chi connectivity index (χ3n) is 3.64. The lowest BCUT2D eigenvalue weighted by Gasteiger charge is -2.11. The van der Waals surface area contributed by atoms with E-state index < -0.39 is 0 Å². The summed E-state index contributed by atoms with van der Waals surface area (Å²) in [6.07, 6.45) is 1.00. The fraction of sp³-hybridized carbons (Fsp3) is 0.316. The normalized spacial score (nSPS) is 10.8. The number of nitrogens with two attached hydrogens (primary N) is 1. The number of ether oxygens (including phenoxy) is 2. The Hall–Kier alpha value is -2.00. The third kappa shape index (κ3) is 6.72. The third-order valence-corrected chi connectivity index (χ3v) is 3.64. The molecular weight excluding hydrogens is 445 g/mol. The van der Waals surface area contributed by atoms with Gasteiger partial charge in [-0.25, -0.2) is 4.99 Å². The van der Waals surface area contributed by atoms with Crippen molar-refractivity contribution in [3.63, 3.8) is 0 Å². The van der Waals surface area contributed by atoms with Gasteiger partial charge in [-0.3, -0.25) is 0 Å². The van der Waals surface area contributed by atoms with Crippen LogP contribution < -0.4 is 20.5 Å². The van der Waals surface area contributed by atoms with Gasteiger partial charge in [-0.05, 0) is 41.8 Å². The molecule has 0 aliphatic heterocycles. The topological polar surface area (TPSA) is 89.1 Å². The van der Waals surface area contributed by atoms with Crippen molar-refractivity contribution in [2.75, 3.05) is 25.6 Å². The molecule has 142 valence electrons. The fourth-order valence-electron chi connectivity index (χ4n) is 2.27. The van der Waals surface area contributed by atoms with Crippen LogP contribution in [0.2, 0.25) is 0 Å². The summed E-state index contributed by atoms with van der Waals surface area (Å²) >= 11 is 0. The number of aliphatic hydroxyl groups is 1. The molecule has 0 fully saturated rings. The predicted molar refractivity (Wildman–Crippen MR) is 116 cm³/mol. The Morgan fingerprint density at radius 3 is 2.42 bits per heavy atom. The molecule has 0 aromatic heterocycles. The molecule has 0 saturated heterocycles. The zero-order chi connectivity index (χ0) is 18.1. The number of aliphatic imine (C=N–C) groups is 1. The van der Waals surface area contributed by atoms with Crippen LogP contribution in [0.15, 0.2) is 47.5 Å². The molecular formula is C19H26IN3O3. The van der Waals surface area contributed by atoms with Gasteiger partial charge in [0, 0.05) is 5.69 Å². The first-order valence-corrected chi connectivity index (χ1v) is 8.22. The minimum Gasteiger partial charge on any atom is -0.493 e. The molecule has 2 aromatic carbocycles. The quantitative estimate of drug-likeness (QED) is 0.313. The smallest absolute Gasteiger partial charge is 0.193 e. The molecule has 0 atom stereocenters. The molecule has 0 amide bonds. The summed E-state index contributed by atoms with van der Waals surface area (Å²) in [7, 11) is 1.57. The Balaban J connectivity index is 0.00000338. The van der Waals surface area contributed by atoms with Crippen LogP contribution in [-0.4, -0.2) is 31.4 Å². The van der Waals surface area contributed by atoms with E-state index in [1.165, 1.54) is 5.56 Å². The number of benzene rings is 2. The average Bonchev–Trinajstić information content (AvgIpc) is 2.65. The van der Waals surface area contributed by atoms with Crippen LogP contribution >= 0.6 is 24.0 Å². The summed E-state index contributed by atoms with van der Waals surface area (Å²) < 4.78 is 10.7. The largest absolute Gasteiger partial charge is 0.493 e. The number of nitrogens with zero attached hydrogens (tertiary/aromatic N) is 1. The molecule has 0 radical (unpaired) electrons. The monoisotopic (exact) mass is 471 g/mol. The van der Waals surface area contributed by atoms with Crippen molar-refractivity contribution in [3.05, 3.63) is 53.6 Å². The summed E-state index contributed by atoms with van der Waals surface area (Å²) in [5.74, 6) is 1.54. The Kier molecular flexibility index (Phi) is 9.82. The van der Waals surface area contributed by atoms with Crippen molar-refractivity contribution in [2.45, 2.75) is 19.9 Å². The zero-order valence-electron chi connectivity index (χ0n) is 15.1. The van der Waals surface area contributed by atoms with Crippen LogP contribution in [0.3, 0.4) is 0 Å². The summed E-state index contributed by atoms with van der Waals surface area (Å²) in [6.45, 7) is 2.72. The Bertz CT molecular complexity index is 706. The Morgan fingerprint density at radius 2 is 1.81 bits per heavy atom. The van der Waals surface area contributed by atoms with Crippen molar-refractivity contribution in [1.82, 2.24) is 0 Å². The van der Waals surface area contributed by atoms with E-state index in [0.29, 0.717) is 24.0 Å². The van der Waals surface area contributed by atoms with Crippen LogP contribution in [0.1, 0.15) is 18.1 Å². The van der Waals surface area contributed by atoms with Gasteiger partial charge >= 0.3 is 0 Å². The molecule has 0 unspecified atom stereocenters. The maximum atomic E-state index is 8.84. The van der Waals surface area contributed by atoms with Crippen molar-refractivity contribution in [1.29, 1.82) is 0 Å². The number of methoxy groups -OCH3 is 1. The van der Waals surface area contributed by atoms with Crippen molar-refractivity contribution in [3.8, 4) is 11.5 Å². The van der Waals surface area contributed by atoms with Crippen molar-refractivity contribution in [2.24, 2.45) is 10.7 Å². The molecule has 0 spiro atoms. The molecule has 2 aromatic rings. The van der Waals surface area contributed by atoms with Gasteiger partial charge in [0.05, 0.1) is 20.3 Å². The van der Waals surface area contributed by atoms with E-state index in [2.05, 4.69) is 29.4 Å². The van der Waals surface area contributed by atoms with E-state index in [-0.39, 0.29) is 37.2 Å². The number of guanidine groups is 1. The number of anilines is 1. The Labute approximate surface area is 171 Å². The zero-order valence-corrected chi connectivity index (χ0v) is 17.4. The van der Waals surface area contributed by atoms with Crippen molar-refractivity contribution >= 4 is 35.6 Å². The molecule has 4 N–H and O–H groups in total. The maximum Gasteiger partial charge on any atom is 0.193 e. The minimum absolute atomic E-state index is 0. The highest BCUT2D eigenvalue weighted by molar-refractivity contribution is 14.0. The minimum atomic E-state index is -0.0450. The van der Waals surface area contributed by atoms with Crippen LogP contribution in [0.5, 0.6) is 11.5 Å². The number of rotatable bonds is 8. The molecule has 0 aliphatic rings. The van der Waals surface area contributed by atoms with E-state index in [1.807, 2.05) is 24.3 Å². The van der Waals surface area contributed by atoms with Gasteiger partial charge in [-0.1, -0.05) is 25.1 Å².